The van der Waals surface area contributed by atoms with E-state index >= 15 is 0 Å². The third-order valence-electron chi connectivity index (χ3n) is 1.25. The highest BCUT2D eigenvalue weighted by Crippen LogP contribution is 1.89. The van der Waals surface area contributed by atoms with Gasteiger partial charge >= 0.3 is 5.97 Å². The van der Waals surface area contributed by atoms with E-state index in [1.807, 2.05) is 19.0 Å². The van der Waals surface area contributed by atoms with Crippen LogP contribution < -0.4 is 0 Å². The average molecular weight is 161 g/mol. The van der Waals surface area contributed by atoms with Crippen LogP contribution in [0.15, 0.2) is 0 Å². The van der Waals surface area contributed by atoms with Gasteiger partial charge in [0.1, 0.15) is 0 Å². The summed E-state index contributed by atoms with van der Waals surface area (Å²) in [6.07, 6.45) is -0.699. The molecule has 0 spiro atoms. The number of carbonyl (C=O) groups is 1. The van der Waals surface area contributed by atoms with Crippen LogP contribution in [0, 0.1) is 0 Å². The van der Waals surface area contributed by atoms with Crippen molar-refractivity contribution in [3.63, 3.8) is 0 Å². The lowest BCUT2D eigenvalue weighted by Crippen LogP contribution is -2.25. The number of hydrogen-bond acceptors (Lipinski definition) is 3. The summed E-state index contributed by atoms with van der Waals surface area (Å²) in [7, 11) is 3.82. The van der Waals surface area contributed by atoms with Crippen molar-refractivity contribution in [2.24, 2.45) is 0 Å². The van der Waals surface area contributed by atoms with Gasteiger partial charge in [0.2, 0.25) is 0 Å². The second-order valence-electron chi connectivity index (χ2n) is 2.65. The molecule has 4 heteroatoms. The van der Waals surface area contributed by atoms with E-state index in [2.05, 4.69) is 0 Å². The maximum atomic E-state index is 10.2. The Hall–Kier alpha value is -0.610. The molecule has 1 atom stereocenters. The number of carboxylic acids is 1. The number of nitrogens with zero attached hydrogens (tertiary/aromatic N) is 1. The van der Waals surface area contributed by atoms with E-state index in [4.69, 9.17) is 9.84 Å². The molecule has 0 bridgehead atoms. The topological polar surface area (TPSA) is 49.8 Å². The third kappa shape index (κ3) is 5.82. The van der Waals surface area contributed by atoms with E-state index in [1.165, 1.54) is 6.92 Å². The first-order valence-corrected chi connectivity index (χ1v) is 3.53. The van der Waals surface area contributed by atoms with Gasteiger partial charge in [0.05, 0.1) is 6.61 Å². The molecule has 0 radical (unpaired) electrons. The highest BCUT2D eigenvalue weighted by molar-refractivity contribution is 5.71. The van der Waals surface area contributed by atoms with Gasteiger partial charge in [-0.15, -0.1) is 0 Å². The fraction of sp³-hybridized carbons (Fsp3) is 0.857. The van der Waals surface area contributed by atoms with E-state index in [-0.39, 0.29) is 0 Å². The van der Waals surface area contributed by atoms with Gasteiger partial charge in [0.25, 0.3) is 0 Å². The minimum Gasteiger partial charge on any atom is -0.479 e. The van der Waals surface area contributed by atoms with Gasteiger partial charge in [0.15, 0.2) is 6.10 Å². The molecule has 0 saturated carbocycles. The van der Waals surface area contributed by atoms with Crippen molar-refractivity contribution in [1.82, 2.24) is 4.90 Å². The lowest BCUT2D eigenvalue weighted by atomic mass is 10.4. The summed E-state index contributed by atoms with van der Waals surface area (Å²) in [5.41, 5.74) is 0. The average Bonchev–Trinajstić information content (AvgIpc) is 1.86. The largest absolute Gasteiger partial charge is 0.479 e. The molecule has 1 N–H and O–H groups in total. The Morgan fingerprint density at radius 3 is 2.55 bits per heavy atom. The molecule has 0 aromatic carbocycles. The summed E-state index contributed by atoms with van der Waals surface area (Å²) < 4.78 is 4.97. The van der Waals surface area contributed by atoms with Crippen LogP contribution in [0.2, 0.25) is 0 Å². The molecular weight excluding hydrogens is 146 g/mol. The van der Waals surface area contributed by atoms with Gasteiger partial charge < -0.3 is 14.7 Å². The first-order valence-electron chi connectivity index (χ1n) is 3.53. The van der Waals surface area contributed by atoms with Crippen LogP contribution in [0.5, 0.6) is 0 Å². The second-order valence-corrected chi connectivity index (χ2v) is 2.65. The van der Waals surface area contributed by atoms with E-state index in [0.29, 0.717) is 6.61 Å². The summed E-state index contributed by atoms with van der Waals surface area (Å²) in [4.78, 5) is 12.2. The van der Waals surface area contributed by atoms with Crippen LogP contribution in [0.4, 0.5) is 0 Å². The minimum atomic E-state index is -0.913. The first kappa shape index (κ1) is 10.4. The standard InChI is InChI=1S/C7H15NO3/c1-6(7(9)10)11-5-4-8(2)3/h6H,4-5H2,1-3H3,(H,9,10). The Morgan fingerprint density at radius 2 is 2.18 bits per heavy atom. The van der Waals surface area contributed by atoms with E-state index in [1.54, 1.807) is 0 Å². The Balaban J connectivity index is 3.31. The molecule has 0 aromatic rings. The quantitative estimate of drug-likeness (QED) is 0.618. The molecule has 1 unspecified atom stereocenters. The molecule has 11 heavy (non-hydrogen) atoms. The highest BCUT2D eigenvalue weighted by Gasteiger charge is 2.09. The first-order chi connectivity index (χ1) is 5.04. The van der Waals surface area contributed by atoms with Crippen molar-refractivity contribution < 1.29 is 14.6 Å². The van der Waals surface area contributed by atoms with Crippen LogP contribution in [0.3, 0.4) is 0 Å². The number of rotatable bonds is 5. The number of ether oxygens (including phenoxy) is 1. The molecule has 0 rings (SSSR count). The lowest BCUT2D eigenvalue weighted by molar-refractivity contribution is -0.149. The summed E-state index contributed by atoms with van der Waals surface area (Å²) in [5.74, 6) is -0.913. The normalized spacial score (nSPS) is 13.5. The number of aliphatic carboxylic acids is 1. The van der Waals surface area contributed by atoms with Gasteiger partial charge in [-0.3, -0.25) is 0 Å². The van der Waals surface area contributed by atoms with Gasteiger partial charge in [-0.2, -0.15) is 0 Å². The van der Waals surface area contributed by atoms with Crippen molar-refractivity contribution in [2.45, 2.75) is 13.0 Å². The Labute approximate surface area is 66.8 Å². The van der Waals surface area contributed by atoms with Crippen molar-refractivity contribution in [3.8, 4) is 0 Å². The van der Waals surface area contributed by atoms with Gasteiger partial charge in [-0.05, 0) is 21.0 Å². The third-order valence-corrected chi connectivity index (χ3v) is 1.25. The Kier molecular flexibility index (Phi) is 4.81. The van der Waals surface area contributed by atoms with E-state index in [9.17, 15) is 4.79 Å². The summed E-state index contributed by atoms with van der Waals surface area (Å²) in [6, 6.07) is 0. The minimum absolute atomic E-state index is 0.459. The maximum Gasteiger partial charge on any atom is 0.332 e. The molecule has 0 heterocycles. The van der Waals surface area contributed by atoms with Crippen LogP contribution in [0.25, 0.3) is 0 Å². The predicted molar refractivity (Wildman–Crippen MR) is 41.6 cm³/mol. The Morgan fingerprint density at radius 1 is 1.64 bits per heavy atom. The molecule has 0 aliphatic heterocycles. The van der Waals surface area contributed by atoms with E-state index < -0.39 is 12.1 Å². The van der Waals surface area contributed by atoms with Crippen LogP contribution in [-0.4, -0.2) is 49.3 Å². The predicted octanol–water partition coefficient (Wildman–Crippen LogP) is 0.0377. The van der Waals surface area contributed by atoms with Gasteiger partial charge in [0, 0.05) is 6.54 Å². The molecule has 4 nitrogen and oxygen atoms in total. The molecule has 0 saturated heterocycles. The van der Waals surface area contributed by atoms with Gasteiger partial charge in [-0.25, -0.2) is 4.79 Å². The fourth-order valence-electron chi connectivity index (χ4n) is 0.483. The number of hydrogen-bond donors (Lipinski definition) is 1. The Bertz CT molecular complexity index is 125. The monoisotopic (exact) mass is 161 g/mol. The van der Waals surface area contributed by atoms with Crippen molar-refractivity contribution in [1.29, 1.82) is 0 Å². The lowest BCUT2D eigenvalue weighted by Gasteiger charge is -2.11. The zero-order valence-electron chi connectivity index (χ0n) is 7.20. The van der Waals surface area contributed by atoms with Crippen molar-refractivity contribution in [3.05, 3.63) is 0 Å². The zero-order valence-corrected chi connectivity index (χ0v) is 7.20. The molecule has 0 amide bonds. The van der Waals surface area contributed by atoms with Crippen LogP contribution in [-0.2, 0) is 9.53 Å². The zero-order chi connectivity index (χ0) is 8.85. The highest BCUT2D eigenvalue weighted by atomic mass is 16.5. The molecule has 0 aromatic heterocycles. The van der Waals surface area contributed by atoms with Crippen LogP contribution in [0.1, 0.15) is 6.92 Å². The summed E-state index contributed by atoms with van der Waals surface area (Å²) in [5, 5.41) is 8.41. The van der Waals surface area contributed by atoms with Gasteiger partial charge in [-0.1, -0.05) is 0 Å². The fourth-order valence-corrected chi connectivity index (χ4v) is 0.483. The maximum absolute atomic E-state index is 10.2. The van der Waals surface area contributed by atoms with E-state index in [0.717, 1.165) is 6.54 Å². The number of likely N-dealkylation sites (N-methyl/N-ethyl adjacent to an activating group) is 1. The van der Waals surface area contributed by atoms with Crippen LogP contribution >= 0.6 is 0 Å². The number of carboxylic acid groups (broad SMARTS) is 1. The summed E-state index contributed by atoms with van der Waals surface area (Å²) in [6.45, 7) is 2.73. The molecule has 0 fully saturated rings. The molecular formula is C7H15NO3. The molecule has 0 aliphatic rings. The van der Waals surface area contributed by atoms with Crippen molar-refractivity contribution in [2.75, 3.05) is 27.2 Å². The smallest absolute Gasteiger partial charge is 0.332 e. The molecule has 0 aliphatic carbocycles. The van der Waals surface area contributed by atoms with Crippen molar-refractivity contribution >= 4 is 5.97 Å². The molecule has 66 valence electrons. The SMILES string of the molecule is CC(OCCN(C)C)C(=O)O. The second kappa shape index (κ2) is 5.09. The summed E-state index contributed by atoms with van der Waals surface area (Å²) >= 11 is 0.